The molecular formula is C26H30Cl2N4OS. The molecule has 180 valence electrons. The van der Waals surface area contributed by atoms with E-state index < -0.39 is 0 Å². The van der Waals surface area contributed by atoms with E-state index in [0.29, 0.717) is 6.54 Å². The van der Waals surface area contributed by atoms with Gasteiger partial charge >= 0.3 is 0 Å². The molecule has 0 aliphatic carbocycles. The van der Waals surface area contributed by atoms with Gasteiger partial charge in [0.05, 0.1) is 21.8 Å². The molecule has 4 heterocycles. The molecule has 1 fully saturated rings. The van der Waals surface area contributed by atoms with Gasteiger partial charge in [-0.05, 0) is 56.0 Å². The fourth-order valence-electron chi connectivity index (χ4n) is 4.39. The van der Waals surface area contributed by atoms with Gasteiger partial charge in [0.1, 0.15) is 5.65 Å². The van der Waals surface area contributed by atoms with Crippen LogP contribution in [0.1, 0.15) is 30.5 Å². The zero-order valence-electron chi connectivity index (χ0n) is 19.0. The van der Waals surface area contributed by atoms with Gasteiger partial charge in [0.2, 0.25) is 0 Å². The Hall–Kier alpha value is -2.25. The van der Waals surface area contributed by atoms with Crippen LogP contribution < -0.4 is 5.32 Å². The second-order valence-electron chi connectivity index (χ2n) is 8.35. The van der Waals surface area contributed by atoms with Crippen molar-refractivity contribution in [2.75, 3.05) is 26.2 Å². The van der Waals surface area contributed by atoms with Crippen molar-refractivity contribution in [3.63, 3.8) is 0 Å². The van der Waals surface area contributed by atoms with Crippen LogP contribution >= 0.6 is 36.6 Å². The van der Waals surface area contributed by atoms with Crippen LogP contribution in [0.5, 0.6) is 0 Å². The molecule has 1 saturated heterocycles. The molecule has 0 bridgehead atoms. The molecule has 5 nitrogen and oxygen atoms in total. The summed E-state index contributed by atoms with van der Waals surface area (Å²) in [6, 6.07) is 16.7. The van der Waals surface area contributed by atoms with Crippen LogP contribution in [0.3, 0.4) is 0 Å². The Balaban J connectivity index is 0.00000162. The first-order valence-corrected chi connectivity index (χ1v) is 12.2. The smallest absolute Gasteiger partial charge is 0.258 e. The van der Waals surface area contributed by atoms with Gasteiger partial charge in [0, 0.05) is 19.6 Å². The summed E-state index contributed by atoms with van der Waals surface area (Å²) in [5, 5.41) is 4.10. The molecule has 2 aliphatic heterocycles. The van der Waals surface area contributed by atoms with Crippen molar-refractivity contribution in [1.29, 1.82) is 0 Å². The normalized spacial score (nSPS) is 15.2. The Labute approximate surface area is 217 Å². The Morgan fingerprint density at radius 3 is 2.65 bits per heavy atom. The molecule has 34 heavy (non-hydrogen) atoms. The van der Waals surface area contributed by atoms with Crippen molar-refractivity contribution in [2.24, 2.45) is 0 Å². The van der Waals surface area contributed by atoms with E-state index in [-0.39, 0.29) is 30.7 Å². The molecule has 2 aliphatic rings. The highest BCUT2D eigenvalue weighted by molar-refractivity contribution is 8.04. The number of piperidine rings is 1. The number of imidazole rings is 1. The molecule has 8 heteroatoms. The van der Waals surface area contributed by atoms with E-state index in [2.05, 4.69) is 56.0 Å². The molecule has 5 rings (SSSR count). The summed E-state index contributed by atoms with van der Waals surface area (Å²) in [6.45, 7) is 3.98. The van der Waals surface area contributed by atoms with E-state index in [1.165, 1.54) is 29.3 Å². The maximum Gasteiger partial charge on any atom is 0.258 e. The lowest BCUT2D eigenvalue weighted by molar-refractivity contribution is -0.116. The minimum atomic E-state index is -0.0188. The number of thioether (sulfide) groups is 1. The second-order valence-corrected chi connectivity index (χ2v) is 9.42. The number of hydrogen-bond acceptors (Lipinski definition) is 4. The summed E-state index contributed by atoms with van der Waals surface area (Å²) >= 11 is 1.50. The van der Waals surface area contributed by atoms with E-state index in [0.717, 1.165) is 60.2 Å². The number of carbonyl (C=O) groups excluding carboxylic acids is 1. The molecule has 0 unspecified atom stereocenters. The maximum absolute atomic E-state index is 12.7. The summed E-state index contributed by atoms with van der Waals surface area (Å²) in [4.78, 5) is 20.4. The number of benzene rings is 1. The number of aryl methyl sites for hydroxylation is 1. The zero-order valence-corrected chi connectivity index (χ0v) is 21.4. The Morgan fingerprint density at radius 2 is 1.85 bits per heavy atom. The standard InChI is InChI=1S/C26H28N4OS.2ClH/c31-26(23-18-22-19-28-24-9-4-10-25(32-23)30(22)24)27-14-11-21-12-16-29(17-13-21)15-5-8-20-6-2-1-3-7-20;;/h1-4,6-7,9-11,18-19H,5,8,12-17H2,(H,27,31);2*1H. The zero-order chi connectivity index (χ0) is 21.8. The van der Waals surface area contributed by atoms with Crippen molar-refractivity contribution in [1.82, 2.24) is 19.6 Å². The van der Waals surface area contributed by atoms with Gasteiger partial charge in [-0.1, -0.05) is 59.8 Å². The Bertz CT molecular complexity index is 1170. The number of halogens is 2. The van der Waals surface area contributed by atoms with Crippen LogP contribution in [-0.4, -0.2) is 46.4 Å². The molecule has 0 radical (unpaired) electrons. The molecule has 1 amide bonds. The third kappa shape index (κ3) is 6.25. The predicted octanol–water partition coefficient (Wildman–Crippen LogP) is 5.40. The van der Waals surface area contributed by atoms with Gasteiger partial charge < -0.3 is 10.2 Å². The number of aromatic nitrogens is 2. The summed E-state index contributed by atoms with van der Waals surface area (Å²) in [5.74, 6) is -0.0188. The number of hydrogen-bond donors (Lipinski definition) is 1. The topological polar surface area (TPSA) is 49.6 Å². The number of amides is 1. The van der Waals surface area contributed by atoms with Gasteiger partial charge in [0.15, 0.2) is 0 Å². The summed E-state index contributed by atoms with van der Waals surface area (Å²) in [6.07, 6.45) is 10.5. The van der Waals surface area contributed by atoms with Crippen LogP contribution in [0.25, 0.3) is 11.7 Å². The molecule has 1 aromatic carbocycles. The quantitative estimate of drug-likeness (QED) is 0.427. The molecule has 1 N–H and O–H groups in total. The van der Waals surface area contributed by atoms with Crippen molar-refractivity contribution in [3.8, 4) is 0 Å². The average molecular weight is 518 g/mol. The summed E-state index contributed by atoms with van der Waals surface area (Å²) in [7, 11) is 0. The van der Waals surface area contributed by atoms with Gasteiger partial charge in [-0.15, -0.1) is 24.8 Å². The lowest BCUT2D eigenvalue weighted by Gasteiger charge is -2.28. The third-order valence-corrected chi connectivity index (χ3v) is 7.22. The molecular weight excluding hydrogens is 487 g/mol. The first kappa shape index (κ1) is 26.4. The highest BCUT2D eigenvalue weighted by Crippen LogP contribution is 2.34. The first-order valence-electron chi connectivity index (χ1n) is 11.3. The molecule has 2 aromatic heterocycles. The van der Waals surface area contributed by atoms with Gasteiger partial charge in [-0.3, -0.25) is 9.20 Å². The van der Waals surface area contributed by atoms with Gasteiger partial charge in [0.25, 0.3) is 5.91 Å². The van der Waals surface area contributed by atoms with Gasteiger partial charge in [-0.2, -0.15) is 0 Å². The van der Waals surface area contributed by atoms with Crippen molar-refractivity contribution in [3.05, 3.63) is 82.5 Å². The van der Waals surface area contributed by atoms with E-state index >= 15 is 0 Å². The molecule has 3 aromatic rings. The first-order chi connectivity index (χ1) is 15.8. The number of rotatable bonds is 7. The van der Waals surface area contributed by atoms with E-state index in [4.69, 9.17) is 0 Å². The minimum Gasteiger partial charge on any atom is -0.348 e. The van der Waals surface area contributed by atoms with E-state index in [1.807, 2.05) is 30.5 Å². The van der Waals surface area contributed by atoms with E-state index in [9.17, 15) is 4.79 Å². The number of likely N-dealkylation sites (tertiary alicyclic amines) is 1. The summed E-state index contributed by atoms with van der Waals surface area (Å²) in [5.41, 5.74) is 4.75. The lowest BCUT2D eigenvalue weighted by Crippen LogP contribution is -2.32. The minimum absolute atomic E-state index is 0. The second kappa shape index (κ2) is 12.5. The number of carbonyl (C=O) groups is 1. The van der Waals surface area contributed by atoms with Crippen LogP contribution in [0, 0.1) is 0 Å². The van der Waals surface area contributed by atoms with Crippen LogP contribution in [0.2, 0.25) is 0 Å². The number of nitrogens with zero attached hydrogens (tertiary/aromatic N) is 3. The fraction of sp³-hybridized carbons (Fsp3) is 0.308. The Morgan fingerprint density at radius 1 is 1.06 bits per heavy atom. The lowest BCUT2D eigenvalue weighted by atomic mass is 10.0. The SMILES string of the molecule is Cl.Cl.O=C(NCC=C1CCN(CCCc2ccccc2)CC1)C1=Cc2cnc3cccc(n23)S1. The number of nitrogens with one attached hydrogen (secondary N) is 1. The molecule has 0 saturated carbocycles. The predicted molar refractivity (Wildman–Crippen MR) is 145 cm³/mol. The van der Waals surface area contributed by atoms with Crippen LogP contribution in [0.4, 0.5) is 0 Å². The Kier molecular flexibility index (Phi) is 9.65. The van der Waals surface area contributed by atoms with E-state index in [1.54, 1.807) is 0 Å². The summed E-state index contributed by atoms with van der Waals surface area (Å²) < 4.78 is 2.08. The largest absolute Gasteiger partial charge is 0.348 e. The molecule has 0 spiro atoms. The highest BCUT2D eigenvalue weighted by Gasteiger charge is 2.19. The molecule has 0 atom stereocenters. The van der Waals surface area contributed by atoms with Crippen LogP contribution in [-0.2, 0) is 11.2 Å². The van der Waals surface area contributed by atoms with Crippen LogP contribution in [0.15, 0.2) is 76.3 Å². The maximum atomic E-state index is 12.7. The third-order valence-electron chi connectivity index (χ3n) is 6.17. The highest BCUT2D eigenvalue weighted by atomic mass is 35.5. The van der Waals surface area contributed by atoms with Gasteiger partial charge in [-0.25, -0.2) is 4.98 Å². The van der Waals surface area contributed by atoms with Crippen molar-refractivity contribution >= 4 is 54.2 Å². The number of pyridine rings is 1. The monoisotopic (exact) mass is 516 g/mol. The van der Waals surface area contributed by atoms with Crippen molar-refractivity contribution < 1.29 is 4.79 Å². The average Bonchev–Trinajstić information content (AvgIpc) is 3.25. The van der Waals surface area contributed by atoms with Crippen molar-refractivity contribution in [2.45, 2.75) is 30.7 Å². The fourth-order valence-corrected chi connectivity index (χ4v) is 5.40.